The number of pyridine rings is 2. The van der Waals surface area contributed by atoms with Crippen molar-refractivity contribution in [2.45, 2.75) is 19.0 Å². The molecule has 0 radical (unpaired) electrons. The summed E-state index contributed by atoms with van der Waals surface area (Å²) in [6.45, 7) is 0.543. The van der Waals surface area contributed by atoms with Gasteiger partial charge in [-0.1, -0.05) is 12.1 Å². The van der Waals surface area contributed by atoms with Crippen LogP contribution in [0.15, 0.2) is 115 Å². The number of hydrogen-bond donors (Lipinski definition) is 10. The number of carboxylic acid groups (broad SMARTS) is 1. The van der Waals surface area contributed by atoms with Crippen molar-refractivity contribution in [2.75, 3.05) is 35.5 Å². The lowest BCUT2D eigenvalue weighted by molar-refractivity contribution is -0.118. The minimum absolute atomic E-state index is 0.0363. The third-order valence-electron chi connectivity index (χ3n) is 9.49. The number of ether oxygens (including phenoxy) is 2. The van der Waals surface area contributed by atoms with Gasteiger partial charge in [-0.3, -0.25) is 24.2 Å². The van der Waals surface area contributed by atoms with Gasteiger partial charge in [0.05, 0.1) is 48.6 Å². The average Bonchev–Trinajstić information content (AvgIpc) is 3.28. The Kier molecular flexibility index (Phi) is 13.5. The lowest BCUT2D eigenvalue weighted by atomic mass is 10.1. The van der Waals surface area contributed by atoms with Crippen LogP contribution in [0.5, 0.6) is 23.0 Å². The van der Waals surface area contributed by atoms with E-state index in [4.69, 9.17) is 20.9 Å². The van der Waals surface area contributed by atoms with Gasteiger partial charge in [0.1, 0.15) is 17.3 Å². The van der Waals surface area contributed by atoms with Crippen molar-refractivity contribution in [1.29, 1.82) is 0 Å². The zero-order chi connectivity index (χ0) is 45.2. The maximum Gasteiger partial charge on any atom is 0.339 e. The lowest BCUT2D eigenvalue weighted by Gasteiger charge is -2.19. The summed E-state index contributed by atoms with van der Waals surface area (Å²) in [5.41, 5.74) is 13.9. The van der Waals surface area contributed by atoms with Gasteiger partial charge in [-0.15, -0.1) is 0 Å². The first-order valence-electron chi connectivity index (χ1n) is 18.9. The van der Waals surface area contributed by atoms with E-state index in [2.05, 4.69) is 36.6 Å². The van der Waals surface area contributed by atoms with Crippen molar-refractivity contribution < 1.29 is 48.8 Å². The highest BCUT2D eigenvalue weighted by molar-refractivity contribution is 6.10. The van der Waals surface area contributed by atoms with Gasteiger partial charge in [-0.25, -0.2) is 9.78 Å². The second kappa shape index (κ2) is 19.5. The molecular weight excluding hydrogens is 815 g/mol. The first kappa shape index (κ1) is 43.7. The number of rotatable bonds is 16. The molecule has 1 atom stereocenters. The summed E-state index contributed by atoms with van der Waals surface area (Å²) in [5, 5.41) is 45.2. The number of anilines is 4. The van der Waals surface area contributed by atoms with E-state index in [1.54, 1.807) is 30.5 Å². The Morgan fingerprint density at radius 3 is 2.03 bits per heavy atom. The lowest BCUT2D eigenvalue weighted by Crippen LogP contribution is -2.44. The number of benzene rings is 4. The van der Waals surface area contributed by atoms with E-state index < -0.39 is 52.7 Å². The minimum atomic E-state index is -1.42. The second-order valence-corrected chi connectivity index (χ2v) is 13.7. The molecule has 1 unspecified atom stereocenters. The Labute approximate surface area is 358 Å². The fraction of sp³-hybridized carbons (Fsp3) is 0.114. The Hall–Kier alpha value is -8.87. The number of nitrogens with two attached hydrogens (primary N) is 2. The van der Waals surface area contributed by atoms with Crippen LogP contribution in [0.1, 0.15) is 53.5 Å². The number of carbonyl (C=O) groups excluding carboxylic acids is 4. The summed E-state index contributed by atoms with van der Waals surface area (Å²) < 4.78 is 10.4. The topological polar surface area (TPSA) is 302 Å². The number of amides is 4. The van der Waals surface area contributed by atoms with E-state index >= 15 is 0 Å². The molecule has 0 aliphatic heterocycles. The third-order valence-corrected chi connectivity index (χ3v) is 9.49. The fourth-order valence-electron chi connectivity index (χ4n) is 6.25. The summed E-state index contributed by atoms with van der Waals surface area (Å²) in [5.74, 6) is -6.22. The third kappa shape index (κ3) is 10.3. The molecule has 0 saturated heterocycles. The summed E-state index contributed by atoms with van der Waals surface area (Å²) >= 11 is 0. The molecule has 0 spiro atoms. The standard InChI is InChI=1S/C44H41N9O10/c1-62-38-33(15-11-29(36(38)54)41(57)51-32-16-12-30(44(60)61)37(55)39(32)63-2)52-42(58)34-14-10-28(22-49-34)50-43(59)35(19-26(46)20-45)53-40(56)24-6-8-27(9-7-24)48-21-23-5-13-31-25(18-23)4-3-17-47-31/h3-18,20,22,35,48,54-55H,19,21,45-46H2,1-2H3,(H,50,59)(H,51,57)(H,52,58)(H,53,56)(H,60,61)/b26-20-. The summed E-state index contributed by atoms with van der Waals surface area (Å²) in [4.78, 5) is 72.9. The molecule has 0 bridgehead atoms. The molecule has 6 aromatic rings. The van der Waals surface area contributed by atoms with E-state index in [1.165, 1.54) is 43.6 Å². The first-order chi connectivity index (χ1) is 30.3. The number of aromatic hydroxyl groups is 2. The van der Waals surface area contributed by atoms with Crippen LogP contribution in [0, 0.1) is 0 Å². The van der Waals surface area contributed by atoms with E-state index in [0.717, 1.165) is 41.5 Å². The number of hydrogen-bond acceptors (Lipinski definition) is 14. The predicted molar refractivity (Wildman–Crippen MR) is 233 cm³/mol. The van der Waals surface area contributed by atoms with Crippen molar-refractivity contribution >= 4 is 63.3 Å². The SMILES string of the molecule is COc1c(NC(=O)c2ccc(NC(=O)c3ccc(NC(=O)C(C/C(N)=C/N)NC(=O)c4ccc(NCc5ccc6ncccc6c5)cc4)cn3)c(OC)c2O)ccc(C(=O)O)c1O. The van der Waals surface area contributed by atoms with E-state index in [9.17, 15) is 39.3 Å². The Bertz CT molecular complexity index is 2740. The molecule has 12 N–H and O–H groups in total. The Morgan fingerprint density at radius 2 is 1.40 bits per heavy atom. The van der Waals surface area contributed by atoms with Gasteiger partial charge >= 0.3 is 5.97 Å². The number of aromatic carboxylic acids is 1. The predicted octanol–water partition coefficient (Wildman–Crippen LogP) is 4.76. The molecule has 0 aliphatic rings. The molecule has 6 rings (SSSR count). The second-order valence-electron chi connectivity index (χ2n) is 13.7. The number of phenols is 2. The number of methoxy groups -OCH3 is 2. The monoisotopic (exact) mass is 855 g/mol. The molecule has 19 heteroatoms. The van der Waals surface area contributed by atoms with Crippen LogP contribution in [0.4, 0.5) is 22.7 Å². The van der Waals surface area contributed by atoms with Crippen LogP contribution in [-0.2, 0) is 11.3 Å². The average molecular weight is 856 g/mol. The number of fused-ring (bicyclic) bond motifs is 1. The maximum atomic E-state index is 13.4. The number of phenolic OH excluding ortho intramolecular Hbond substituents is 1. The molecule has 2 aromatic heterocycles. The van der Waals surface area contributed by atoms with Crippen LogP contribution in [0.2, 0.25) is 0 Å². The highest BCUT2D eigenvalue weighted by Gasteiger charge is 2.25. The molecule has 2 heterocycles. The van der Waals surface area contributed by atoms with Crippen LogP contribution < -0.4 is 47.5 Å². The van der Waals surface area contributed by atoms with Gasteiger partial charge in [-0.2, -0.15) is 0 Å². The molecule has 0 aliphatic carbocycles. The van der Waals surface area contributed by atoms with Gasteiger partial charge in [0, 0.05) is 47.7 Å². The molecule has 322 valence electrons. The quantitative estimate of drug-likeness (QED) is 0.0628. The van der Waals surface area contributed by atoms with Crippen molar-refractivity contribution in [1.82, 2.24) is 15.3 Å². The highest BCUT2D eigenvalue weighted by atomic mass is 16.5. The molecular formula is C44H41N9O10. The summed E-state index contributed by atoms with van der Waals surface area (Å²) in [6.07, 6.45) is 3.97. The van der Waals surface area contributed by atoms with E-state index in [1.807, 2.05) is 30.3 Å². The van der Waals surface area contributed by atoms with Gasteiger partial charge in [0.15, 0.2) is 23.0 Å². The van der Waals surface area contributed by atoms with Gasteiger partial charge in [0.25, 0.3) is 17.7 Å². The first-order valence-corrected chi connectivity index (χ1v) is 18.9. The molecule has 0 saturated carbocycles. The van der Waals surface area contributed by atoms with E-state index in [0.29, 0.717) is 6.54 Å². The van der Waals surface area contributed by atoms with E-state index in [-0.39, 0.29) is 57.5 Å². The highest BCUT2D eigenvalue weighted by Crippen LogP contribution is 2.40. The van der Waals surface area contributed by atoms with Crippen molar-refractivity contribution in [2.24, 2.45) is 11.5 Å². The van der Waals surface area contributed by atoms with Gasteiger partial charge < -0.3 is 62.8 Å². The van der Waals surface area contributed by atoms with Crippen LogP contribution in [-0.4, -0.2) is 75.1 Å². The zero-order valence-corrected chi connectivity index (χ0v) is 33.6. The largest absolute Gasteiger partial charge is 0.504 e. The van der Waals surface area contributed by atoms with Crippen molar-refractivity contribution in [3.05, 3.63) is 143 Å². The number of carboxylic acids is 1. The fourth-order valence-corrected chi connectivity index (χ4v) is 6.25. The summed E-state index contributed by atoms with van der Waals surface area (Å²) in [6, 6.07) is 22.9. The summed E-state index contributed by atoms with van der Waals surface area (Å²) in [7, 11) is 2.36. The zero-order valence-electron chi connectivity index (χ0n) is 33.6. The number of aromatic nitrogens is 2. The Balaban J connectivity index is 1.07. The van der Waals surface area contributed by atoms with Crippen LogP contribution >= 0.6 is 0 Å². The molecule has 4 aromatic carbocycles. The van der Waals surface area contributed by atoms with Crippen molar-refractivity contribution in [3.8, 4) is 23.0 Å². The molecule has 63 heavy (non-hydrogen) atoms. The molecule has 4 amide bonds. The number of carbonyl (C=O) groups is 5. The smallest absolute Gasteiger partial charge is 0.339 e. The minimum Gasteiger partial charge on any atom is -0.504 e. The number of nitrogens with one attached hydrogen (secondary N) is 5. The van der Waals surface area contributed by atoms with Crippen LogP contribution in [0.25, 0.3) is 10.9 Å². The van der Waals surface area contributed by atoms with Gasteiger partial charge in [0.2, 0.25) is 5.91 Å². The molecule has 0 fully saturated rings. The number of nitrogens with zero attached hydrogens (tertiary/aromatic N) is 2. The van der Waals surface area contributed by atoms with Gasteiger partial charge in [-0.05, 0) is 84.4 Å². The maximum absolute atomic E-state index is 13.4. The van der Waals surface area contributed by atoms with Crippen molar-refractivity contribution in [3.63, 3.8) is 0 Å². The molecule has 19 nitrogen and oxygen atoms in total. The van der Waals surface area contributed by atoms with Crippen LogP contribution in [0.3, 0.4) is 0 Å². The Morgan fingerprint density at radius 1 is 0.746 bits per heavy atom. The normalized spacial score (nSPS) is 11.5.